The molecule has 0 aliphatic heterocycles. The van der Waals surface area contributed by atoms with E-state index in [1.54, 1.807) is 20.2 Å². The Morgan fingerprint density at radius 2 is 2.30 bits per heavy atom. The smallest absolute Gasteiger partial charge is 0.225 e. The molecule has 0 bridgehead atoms. The van der Waals surface area contributed by atoms with Crippen LogP contribution in [0.3, 0.4) is 0 Å². The first-order valence-corrected chi connectivity index (χ1v) is 2.85. The number of rotatable bonds is 2. The standard InChI is InChI=1S/C6H10N2O2/c1-8(2)6(10)3-5(9)4-7/h5,9H,3H2,1-2H3. The molecular weight excluding hydrogens is 132 g/mol. The van der Waals surface area contributed by atoms with Gasteiger partial charge in [-0.15, -0.1) is 0 Å². The van der Waals surface area contributed by atoms with Crippen molar-refractivity contribution in [2.45, 2.75) is 12.5 Å². The zero-order chi connectivity index (χ0) is 8.15. The second-order valence-corrected chi connectivity index (χ2v) is 2.14. The molecule has 0 saturated heterocycles. The molecule has 0 aliphatic rings. The average molecular weight is 142 g/mol. The number of amides is 1. The first-order valence-electron chi connectivity index (χ1n) is 2.85. The summed E-state index contributed by atoms with van der Waals surface area (Å²) in [5.74, 6) is -0.242. The lowest BCUT2D eigenvalue weighted by Gasteiger charge is -2.09. The minimum Gasteiger partial charge on any atom is -0.378 e. The van der Waals surface area contributed by atoms with E-state index in [1.165, 1.54) is 4.90 Å². The highest BCUT2D eigenvalue weighted by molar-refractivity contribution is 5.76. The predicted octanol–water partition coefficient (Wildman–Crippen LogP) is -0.651. The van der Waals surface area contributed by atoms with Gasteiger partial charge in [-0.25, -0.2) is 0 Å². The van der Waals surface area contributed by atoms with Gasteiger partial charge < -0.3 is 10.0 Å². The van der Waals surface area contributed by atoms with Crippen molar-refractivity contribution in [2.75, 3.05) is 14.1 Å². The van der Waals surface area contributed by atoms with Crippen LogP contribution in [-0.4, -0.2) is 36.1 Å². The van der Waals surface area contributed by atoms with Gasteiger partial charge in [0.2, 0.25) is 5.91 Å². The molecule has 0 saturated carbocycles. The average Bonchev–Trinajstić information content (AvgIpc) is 1.87. The highest BCUT2D eigenvalue weighted by Gasteiger charge is 2.10. The molecule has 4 nitrogen and oxygen atoms in total. The number of hydrogen-bond acceptors (Lipinski definition) is 3. The number of carbonyl (C=O) groups excluding carboxylic acids is 1. The lowest BCUT2D eigenvalue weighted by atomic mass is 10.2. The normalized spacial score (nSPS) is 11.8. The van der Waals surface area contributed by atoms with E-state index >= 15 is 0 Å². The van der Waals surface area contributed by atoms with Crippen LogP contribution >= 0.6 is 0 Å². The van der Waals surface area contributed by atoms with E-state index in [0.29, 0.717) is 0 Å². The molecule has 0 aliphatic carbocycles. The Balaban J connectivity index is 3.71. The van der Waals surface area contributed by atoms with Crippen LogP contribution in [0.1, 0.15) is 6.42 Å². The molecule has 56 valence electrons. The number of aliphatic hydroxyl groups is 1. The molecule has 0 aromatic rings. The SMILES string of the molecule is CN(C)C(=O)CC(O)C#N. The Morgan fingerprint density at radius 1 is 1.80 bits per heavy atom. The molecule has 0 aromatic heterocycles. The summed E-state index contributed by atoms with van der Waals surface area (Å²) < 4.78 is 0. The quantitative estimate of drug-likeness (QED) is 0.521. The molecular formula is C6H10N2O2. The zero-order valence-electron chi connectivity index (χ0n) is 6.03. The number of hydrogen-bond donors (Lipinski definition) is 1. The maximum absolute atomic E-state index is 10.7. The molecule has 0 fully saturated rings. The van der Waals surface area contributed by atoms with Crippen molar-refractivity contribution in [3.05, 3.63) is 0 Å². The Labute approximate surface area is 59.7 Å². The Morgan fingerprint density at radius 3 is 2.60 bits per heavy atom. The van der Waals surface area contributed by atoms with E-state index < -0.39 is 6.10 Å². The first-order chi connectivity index (χ1) is 4.57. The minimum absolute atomic E-state index is 0.122. The van der Waals surface area contributed by atoms with E-state index in [-0.39, 0.29) is 12.3 Å². The number of aliphatic hydroxyl groups excluding tert-OH is 1. The van der Waals surface area contributed by atoms with Crippen LogP contribution in [0.15, 0.2) is 0 Å². The van der Waals surface area contributed by atoms with Crippen LogP contribution in [0.2, 0.25) is 0 Å². The largest absolute Gasteiger partial charge is 0.378 e. The van der Waals surface area contributed by atoms with E-state index in [2.05, 4.69) is 0 Å². The molecule has 0 heterocycles. The fourth-order valence-corrected chi connectivity index (χ4v) is 0.394. The van der Waals surface area contributed by atoms with E-state index in [9.17, 15) is 4.79 Å². The van der Waals surface area contributed by atoms with Crippen molar-refractivity contribution in [1.29, 1.82) is 5.26 Å². The van der Waals surface area contributed by atoms with Gasteiger partial charge in [-0.2, -0.15) is 5.26 Å². The number of carbonyl (C=O) groups is 1. The van der Waals surface area contributed by atoms with Gasteiger partial charge in [0.1, 0.15) is 6.10 Å². The van der Waals surface area contributed by atoms with Crippen molar-refractivity contribution in [1.82, 2.24) is 4.90 Å². The van der Waals surface area contributed by atoms with Crippen LogP contribution in [0.25, 0.3) is 0 Å². The fourth-order valence-electron chi connectivity index (χ4n) is 0.394. The third kappa shape index (κ3) is 3.05. The summed E-state index contributed by atoms with van der Waals surface area (Å²) in [5, 5.41) is 16.8. The van der Waals surface area contributed by atoms with E-state index in [0.717, 1.165) is 0 Å². The van der Waals surface area contributed by atoms with Gasteiger partial charge in [-0.1, -0.05) is 0 Å². The van der Waals surface area contributed by atoms with Gasteiger partial charge in [0.15, 0.2) is 0 Å². The molecule has 1 atom stereocenters. The van der Waals surface area contributed by atoms with Crippen LogP contribution in [0.4, 0.5) is 0 Å². The van der Waals surface area contributed by atoms with Crippen molar-refractivity contribution < 1.29 is 9.90 Å². The monoisotopic (exact) mass is 142 g/mol. The minimum atomic E-state index is -1.17. The third-order valence-electron chi connectivity index (χ3n) is 1.02. The number of nitrogens with zero attached hydrogens (tertiary/aromatic N) is 2. The van der Waals surface area contributed by atoms with Crippen molar-refractivity contribution >= 4 is 5.91 Å². The van der Waals surface area contributed by atoms with Gasteiger partial charge in [0, 0.05) is 14.1 Å². The van der Waals surface area contributed by atoms with Crippen molar-refractivity contribution in [3.63, 3.8) is 0 Å². The van der Waals surface area contributed by atoms with Crippen LogP contribution in [0, 0.1) is 11.3 Å². The second-order valence-electron chi connectivity index (χ2n) is 2.14. The summed E-state index contributed by atoms with van der Waals surface area (Å²) in [6.07, 6.45) is -1.29. The Hall–Kier alpha value is -1.08. The summed E-state index contributed by atoms with van der Waals surface area (Å²) in [4.78, 5) is 12.1. The second kappa shape index (κ2) is 3.85. The fraction of sp³-hybridized carbons (Fsp3) is 0.667. The molecule has 0 rings (SSSR count). The molecule has 1 N–H and O–H groups in total. The lowest BCUT2D eigenvalue weighted by molar-refractivity contribution is -0.130. The molecule has 0 spiro atoms. The zero-order valence-corrected chi connectivity index (χ0v) is 6.03. The first kappa shape index (κ1) is 8.92. The summed E-state index contributed by atoms with van der Waals surface area (Å²) in [6, 6.07) is 1.56. The molecule has 0 aromatic carbocycles. The molecule has 0 radical (unpaired) electrons. The highest BCUT2D eigenvalue weighted by atomic mass is 16.3. The summed E-state index contributed by atoms with van der Waals surface area (Å²) >= 11 is 0. The van der Waals surface area contributed by atoms with Crippen molar-refractivity contribution in [2.24, 2.45) is 0 Å². The maximum atomic E-state index is 10.7. The summed E-state index contributed by atoms with van der Waals surface area (Å²) in [6.45, 7) is 0. The Bertz CT molecular complexity index is 160. The van der Waals surface area contributed by atoms with Crippen LogP contribution in [0.5, 0.6) is 0 Å². The van der Waals surface area contributed by atoms with E-state index in [1.807, 2.05) is 0 Å². The van der Waals surface area contributed by atoms with Gasteiger partial charge in [0.05, 0.1) is 12.5 Å². The molecule has 1 amide bonds. The summed E-state index contributed by atoms with van der Waals surface area (Å²) in [5.41, 5.74) is 0. The van der Waals surface area contributed by atoms with Gasteiger partial charge in [-0.3, -0.25) is 4.79 Å². The van der Waals surface area contributed by atoms with Crippen molar-refractivity contribution in [3.8, 4) is 6.07 Å². The Kier molecular flexibility index (Phi) is 3.44. The van der Waals surface area contributed by atoms with Gasteiger partial charge in [-0.05, 0) is 0 Å². The predicted molar refractivity (Wildman–Crippen MR) is 34.9 cm³/mol. The van der Waals surface area contributed by atoms with Gasteiger partial charge >= 0.3 is 0 Å². The topological polar surface area (TPSA) is 64.3 Å². The lowest BCUT2D eigenvalue weighted by Crippen LogP contribution is -2.25. The highest BCUT2D eigenvalue weighted by Crippen LogP contribution is 1.92. The summed E-state index contributed by atoms with van der Waals surface area (Å²) in [7, 11) is 3.15. The van der Waals surface area contributed by atoms with Crippen LogP contribution < -0.4 is 0 Å². The third-order valence-corrected chi connectivity index (χ3v) is 1.02. The van der Waals surface area contributed by atoms with Crippen LogP contribution in [-0.2, 0) is 4.79 Å². The molecule has 10 heavy (non-hydrogen) atoms. The van der Waals surface area contributed by atoms with Gasteiger partial charge in [0.25, 0.3) is 0 Å². The maximum Gasteiger partial charge on any atom is 0.225 e. The molecule has 1 unspecified atom stereocenters. The molecule has 4 heteroatoms. The number of nitriles is 1. The van der Waals surface area contributed by atoms with E-state index in [4.69, 9.17) is 10.4 Å².